The molecule has 0 bridgehead atoms. The van der Waals surface area contributed by atoms with Crippen molar-refractivity contribution < 1.29 is 28.8 Å². The van der Waals surface area contributed by atoms with Gasteiger partial charge in [0, 0.05) is 27.8 Å². The van der Waals surface area contributed by atoms with Gasteiger partial charge in [0.1, 0.15) is 29.1 Å². The maximum atomic E-state index is 13.3. The molecule has 394 valence electrons. The quantitative estimate of drug-likeness (QED) is 0.155. The van der Waals surface area contributed by atoms with Crippen LogP contribution in [-0.2, 0) is 4.79 Å². The molecule has 0 spiro atoms. The van der Waals surface area contributed by atoms with E-state index in [1.54, 1.807) is 25.2 Å². The van der Waals surface area contributed by atoms with Crippen LogP contribution in [0.15, 0.2) is 200 Å². The SMILES string of the molecule is C.CC(=O)c1ccccc1.CC(C)=O.O=C1c2cc(-c3ccc4c(c3)C(=O)n3c-4nc4ccccc43)ccc2-c2nc3ccccc3n21.O=C1c2ccccc2-c2nc3cc(-c4ccc5c(c4)nc4n5C(=O)c5ccccc5-4)ccc3n21. The van der Waals surface area contributed by atoms with Gasteiger partial charge in [0.05, 0.1) is 66.4 Å². The number of imidazole rings is 4. The highest BCUT2D eigenvalue weighted by atomic mass is 16.2. The zero-order valence-electron chi connectivity index (χ0n) is 43.6. The summed E-state index contributed by atoms with van der Waals surface area (Å²) in [4.78, 5) is 91.4. The molecule has 9 aromatic carbocycles. The summed E-state index contributed by atoms with van der Waals surface area (Å²) in [6.07, 6.45) is 0. The molecule has 8 heterocycles. The summed E-state index contributed by atoms with van der Waals surface area (Å²) in [6, 6.07) is 63.2. The second kappa shape index (κ2) is 19.4. The normalized spacial score (nSPS) is 12.4. The summed E-state index contributed by atoms with van der Waals surface area (Å²) in [5.74, 6) is 2.77. The number of nitrogens with zero attached hydrogens (tertiary/aromatic N) is 8. The summed E-state index contributed by atoms with van der Waals surface area (Å²) in [7, 11) is 0. The van der Waals surface area contributed by atoms with E-state index in [1.807, 2.05) is 200 Å². The number of carbonyl (C=O) groups is 6. The number of carbonyl (C=O) groups excluding carboxylic acids is 6. The molecule has 0 N–H and O–H groups in total. The van der Waals surface area contributed by atoms with Gasteiger partial charge < -0.3 is 4.79 Å². The maximum absolute atomic E-state index is 13.3. The molecule has 0 radical (unpaired) electrons. The fourth-order valence-corrected chi connectivity index (χ4v) is 11.2. The number of Topliss-reactive ketones (excluding diaryl/α,β-unsaturated/α-hetero) is 2. The lowest BCUT2D eigenvalue weighted by Gasteiger charge is -2.06. The van der Waals surface area contributed by atoms with Crippen molar-refractivity contribution in [1.82, 2.24) is 38.2 Å². The van der Waals surface area contributed by atoms with E-state index in [4.69, 9.17) is 9.97 Å². The van der Waals surface area contributed by atoms with Crippen LogP contribution in [-0.4, -0.2) is 73.4 Å². The Morgan fingerprint density at radius 3 is 0.988 bits per heavy atom. The Hall–Kier alpha value is -11.1. The second-order valence-corrected chi connectivity index (χ2v) is 20.1. The smallest absolute Gasteiger partial charge is 0.264 e. The first kappa shape index (κ1) is 50.4. The number of hydrogen-bond acceptors (Lipinski definition) is 10. The van der Waals surface area contributed by atoms with Crippen LogP contribution in [0.25, 0.3) is 112 Å². The van der Waals surface area contributed by atoms with E-state index in [0.29, 0.717) is 45.6 Å². The molecule has 4 aliphatic rings. The number of aromatic nitrogens is 8. The van der Waals surface area contributed by atoms with Crippen LogP contribution in [0.2, 0.25) is 0 Å². The standard InChI is InChI=1S/2C28H14N4O2.C8H8O.C3H6O.CH4/c33-27-19-13-15(9-11-17(19)25-29-21-5-1-3-7-23(21)31(25)27)16-10-12-18-20(14-16)28(34)32-24-8-4-2-6-22(24)30-26(18)32;33-27-19-7-3-1-5-17(19)25-29-21-13-15(9-11-23(21)31(25)27)16-10-12-24-22(14-16)30-26-18-6-2-4-8-20(18)28(34)32(24)26;1-7(9)8-5-3-2-4-6-8;1-3(2)4;/h2*1-14H;2-6H,1H3;1-2H3;1H4. The molecule has 82 heavy (non-hydrogen) atoms. The molecule has 0 unspecified atom stereocenters. The minimum absolute atomic E-state index is 0. The predicted octanol–water partition coefficient (Wildman–Crippen LogP) is 13.9. The van der Waals surface area contributed by atoms with Gasteiger partial charge in [0.25, 0.3) is 23.6 Å². The van der Waals surface area contributed by atoms with Crippen LogP contribution in [0, 0.1) is 0 Å². The van der Waals surface area contributed by atoms with Crippen LogP contribution >= 0.6 is 0 Å². The third-order valence-corrected chi connectivity index (χ3v) is 14.9. The van der Waals surface area contributed by atoms with Crippen molar-refractivity contribution in [3.8, 4) is 67.8 Å². The maximum Gasteiger partial charge on any atom is 0.264 e. The molecule has 4 aromatic heterocycles. The number of para-hydroxylation sites is 4. The van der Waals surface area contributed by atoms with Gasteiger partial charge in [-0.1, -0.05) is 123 Å². The van der Waals surface area contributed by atoms with E-state index in [1.165, 1.54) is 13.8 Å². The highest BCUT2D eigenvalue weighted by Crippen LogP contribution is 2.42. The van der Waals surface area contributed by atoms with Crippen molar-refractivity contribution in [2.75, 3.05) is 0 Å². The Kier molecular flexibility index (Phi) is 11.9. The molecule has 0 saturated heterocycles. The zero-order chi connectivity index (χ0) is 55.4. The average molecular weight is 1070 g/mol. The second-order valence-electron chi connectivity index (χ2n) is 20.1. The molecule has 0 aliphatic carbocycles. The Balaban J connectivity index is 0.000000126. The van der Waals surface area contributed by atoms with Gasteiger partial charge >= 0.3 is 0 Å². The van der Waals surface area contributed by atoms with Crippen LogP contribution in [0.1, 0.15) is 80.0 Å². The first-order valence-electron chi connectivity index (χ1n) is 26.1. The lowest BCUT2D eigenvalue weighted by atomic mass is 9.96. The van der Waals surface area contributed by atoms with Crippen LogP contribution in [0.5, 0.6) is 0 Å². The molecule has 0 saturated carbocycles. The van der Waals surface area contributed by atoms with Crippen LogP contribution in [0.3, 0.4) is 0 Å². The largest absolute Gasteiger partial charge is 0.300 e. The van der Waals surface area contributed by atoms with Crippen molar-refractivity contribution in [3.63, 3.8) is 0 Å². The Morgan fingerprint density at radius 1 is 0.305 bits per heavy atom. The third kappa shape index (κ3) is 7.87. The molecular formula is C68H46N8O6. The number of hydrogen-bond donors (Lipinski definition) is 0. The van der Waals surface area contributed by atoms with Gasteiger partial charge in [-0.2, -0.15) is 0 Å². The van der Waals surface area contributed by atoms with E-state index < -0.39 is 0 Å². The molecular weight excluding hydrogens is 1020 g/mol. The Bertz CT molecular complexity index is 4660. The molecule has 17 rings (SSSR count). The summed E-state index contributed by atoms with van der Waals surface area (Å²) in [5.41, 5.74) is 16.9. The lowest BCUT2D eigenvalue weighted by Crippen LogP contribution is -2.06. The van der Waals surface area contributed by atoms with Gasteiger partial charge in [-0.05, 0) is 128 Å². The fraction of sp³-hybridized carbons (Fsp3) is 0.0588. The van der Waals surface area contributed by atoms with Gasteiger partial charge in [-0.25, -0.2) is 19.9 Å². The summed E-state index contributed by atoms with van der Waals surface area (Å²) >= 11 is 0. The van der Waals surface area contributed by atoms with Gasteiger partial charge in [0.15, 0.2) is 5.78 Å². The molecule has 14 nitrogen and oxygen atoms in total. The number of fused-ring (bicyclic) bond motifs is 20. The predicted molar refractivity (Wildman–Crippen MR) is 317 cm³/mol. The van der Waals surface area contributed by atoms with Gasteiger partial charge in [-0.15, -0.1) is 0 Å². The first-order chi connectivity index (χ1) is 39.4. The van der Waals surface area contributed by atoms with E-state index in [9.17, 15) is 28.8 Å². The molecule has 0 amide bonds. The van der Waals surface area contributed by atoms with Crippen LogP contribution in [0.4, 0.5) is 0 Å². The topological polar surface area (TPSA) is 174 Å². The molecule has 0 atom stereocenters. The Morgan fingerprint density at radius 2 is 0.598 bits per heavy atom. The van der Waals surface area contributed by atoms with E-state index in [0.717, 1.165) is 94.2 Å². The highest BCUT2D eigenvalue weighted by Gasteiger charge is 2.34. The van der Waals surface area contributed by atoms with Gasteiger partial charge in [0.2, 0.25) is 0 Å². The van der Waals surface area contributed by atoms with E-state index >= 15 is 0 Å². The van der Waals surface area contributed by atoms with Crippen molar-refractivity contribution in [1.29, 1.82) is 0 Å². The van der Waals surface area contributed by atoms with Crippen LogP contribution < -0.4 is 0 Å². The van der Waals surface area contributed by atoms with Crippen molar-refractivity contribution in [2.24, 2.45) is 0 Å². The Labute approximate surface area is 468 Å². The lowest BCUT2D eigenvalue weighted by molar-refractivity contribution is -0.115. The number of rotatable bonds is 3. The monoisotopic (exact) mass is 1070 g/mol. The zero-order valence-corrected chi connectivity index (χ0v) is 43.6. The first-order valence-corrected chi connectivity index (χ1v) is 26.1. The molecule has 0 fully saturated rings. The summed E-state index contributed by atoms with van der Waals surface area (Å²) in [5, 5.41) is 0. The molecule has 4 aliphatic heterocycles. The van der Waals surface area contributed by atoms with Gasteiger partial charge in [-0.3, -0.25) is 42.2 Å². The van der Waals surface area contributed by atoms with Crippen molar-refractivity contribution in [2.45, 2.75) is 28.2 Å². The van der Waals surface area contributed by atoms with Crippen molar-refractivity contribution >= 4 is 79.3 Å². The van der Waals surface area contributed by atoms with E-state index in [2.05, 4.69) is 9.97 Å². The highest BCUT2D eigenvalue weighted by molar-refractivity contribution is 6.16. The average Bonchev–Trinajstić information content (AvgIpc) is 4.19. The minimum Gasteiger partial charge on any atom is -0.300 e. The third-order valence-electron chi connectivity index (χ3n) is 14.9. The number of benzene rings is 9. The molecule has 13 aromatic rings. The summed E-state index contributed by atoms with van der Waals surface area (Å²) in [6.45, 7) is 4.62. The number of ketones is 2. The van der Waals surface area contributed by atoms with E-state index in [-0.39, 0.29) is 42.6 Å². The fourth-order valence-electron chi connectivity index (χ4n) is 11.2. The minimum atomic E-state index is -0.0793. The summed E-state index contributed by atoms with van der Waals surface area (Å²) < 4.78 is 6.74. The molecule has 14 heteroatoms. The van der Waals surface area contributed by atoms with Crippen molar-refractivity contribution in [3.05, 3.63) is 228 Å².